The number of hydrogen-bond acceptors (Lipinski definition) is 4. The molecule has 5 nitrogen and oxygen atoms in total. The SMILES string of the molecule is c1ccc(Cn2nnc3c2N=C(c2ccccc2)CC(c2ccccc2)=N3)cc1. The number of nitrogens with zero attached hydrogens (tertiary/aromatic N) is 5. The third kappa shape index (κ3) is 3.62. The summed E-state index contributed by atoms with van der Waals surface area (Å²) in [5.41, 5.74) is 5.20. The normalized spacial score (nSPS) is 13.2. The first-order chi connectivity index (χ1) is 14.4. The van der Waals surface area contributed by atoms with Crippen LogP contribution in [0.2, 0.25) is 0 Å². The molecule has 29 heavy (non-hydrogen) atoms. The predicted molar refractivity (Wildman–Crippen MR) is 115 cm³/mol. The molecule has 0 N–H and O–H groups in total. The molecule has 1 aliphatic heterocycles. The molecule has 140 valence electrons. The van der Waals surface area contributed by atoms with Crippen molar-refractivity contribution in [3.63, 3.8) is 0 Å². The van der Waals surface area contributed by atoms with Crippen molar-refractivity contribution in [3.8, 4) is 0 Å². The van der Waals surface area contributed by atoms with Crippen molar-refractivity contribution in [1.82, 2.24) is 15.0 Å². The van der Waals surface area contributed by atoms with Gasteiger partial charge in [-0.1, -0.05) is 96.2 Å². The average molecular weight is 377 g/mol. The van der Waals surface area contributed by atoms with Gasteiger partial charge in [-0.25, -0.2) is 14.7 Å². The van der Waals surface area contributed by atoms with E-state index in [0.717, 1.165) is 28.1 Å². The van der Waals surface area contributed by atoms with Crippen molar-refractivity contribution in [2.45, 2.75) is 13.0 Å². The molecule has 0 aliphatic carbocycles. The first kappa shape index (κ1) is 17.3. The summed E-state index contributed by atoms with van der Waals surface area (Å²) in [6, 6.07) is 30.6. The molecular weight excluding hydrogens is 358 g/mol. The summed E-state index contributed by atoms with van der Waals surface area (Å²) in [5, 5.41) is 8.68. The highest BCUT2D eigenvalue weighted by molar-refractivity contribution is 6.19. The molecule has 0 fully saturated rings. The summed E-state index contributed by atoms with van der Waals surface area (Å²) in [6.07, 6.45) is 0.635. The molecular formula is C24H19N5. The lowest BCUT2D eigenvalue weighted by atomic mass is 10.00. The van der Waals surface area contributed by atoms with Crippen molar-refractivity contribution in [1.29, 1.82) is 0 Å². The van der Waals surface area contributed by atoms with Gasteiger partial charge >= 0.3 is 0 Å². The molecule has 0 saturated heterocycles. The van der Waals surface area contributed by atoms with Crippen LogP contribution < -0.4 is 0 Å². The lowest BCUT2D eigenvalue weighted by molar-refractivity contribution is 0.653. The second-order valence-corrected chi connectivity index (χ2v) is 6.91. The largest absolute Gasteiger partial charge is 0.229 e. The van der Waals surface area contributed by atoms with Crippen molar-refractivity contribution < 1.29 is 0 Å². The minimum Gasteiger partial charge on any atom is -0.229 e. The number of aliphatic imine (C=N–C) groups is 2. The fourth-order valence-corrected chi connectivity index (χ4v) is 3.43. The summed E-state index contributed by atoms with van der Waals surface area (Å²) >= 11 is 0. The van der Waals surface area contributed by atoms with E-state index in [2.05, 4.69) is 46.7 Å². The summed E-state index contributed by atoms with van der Waals surface area (Å²) in [6.45, 7) is 0.602. The quantitative estimate of drug-likeness (QED) is 0.504. The minimum atomic E-state index is 0.561. The van der Waals surface area contributed by atoms with Crippen LogP contribution in [0.3, 0.4) is 0 Å². The van der Waals surface area contributed by atoms with E-state index in [4.69, 9.17) is 9.98 Å². The molecule has 5 heteroatoms. The predicted octanol–water partition coefficient (Wildman–Crippen LogP) is 4.97. The zero-order chi connectivity index (χ0) is 19.5. The van der Waals surface area contributed by atoms with Crippen molar-refractivity contribution >= 4 is 23.1 Å². The minimum absolute atomic E-state index is 0.561. The highest BCUT2D eigenvalue weighted by Crippen LogP contribution is 2.31. The van der Waals surface area contributed by atoms with Crippen LogP contribution in [0.1, 0.15) is 23.1 Å². The van der Waals surface area contributed by atoms with Crippen LogP contribution in [0.15, 0.2) is 101 Å². The summed E-state index contributed by atoms with van der Waals surface area (Å²) in [5.74, 6) is 1.25. The Hall–Kier alpha value is -3.86. The highest BCUT2D eigenvalue weighted by Gasteiger charge is 2.21. The zero-order valence-corrected chi connectivity index (χ0v) is 15.8. The van der Waals surface area contributed by atoms with Gasteiger partial charge in [-0.3, -0.25) is 0 Å². The fraction of sp³-hybridized carbons (Fsp3) is 0.0833. The second-order valence-electron chi connectivity index (χ2n) is 6.91. The van der Waals surface area contributed by atoms with Crippen LogP contribution >= 0.6 is 0 Å². The standard InChI is InChI=1S/C24H19N5/c1-4-10-18(11-5-1)17-29-24-23(27-28-29)25-21(19-12-6-2-7-13-19)16-22(26-24)20-14-8-3-9-15-20/h1-15H,16-17H2. The summed E-state index contributed by atoms with van der Waals surface area (Å²) in [7, 11) is 0. The van der Waals surface area contributed by atoms with E-state index < -0.39 is 0 Å². The van der Waals surface area contributed by atoms with Gasteiger partial charge in [-0.2, -0.15) is 0 Å². The van der Waals surface area contributed by atoms with Crippen molar-refractivity contribution in [3.05, 3.63) is 108 Å². The Morgan fingerprint density at radius 3 is 1.83 bits per heavy atom. The first-order valence-corrected chi connectivity index (χ1v) is 9.60. The van der Waals surface area contributed by atoms with Gasteiger partial charge in [0.15, 0.2) is 5.82 Å². The maximum atomic E-state index is 4.98. The Kier molecular flexibility index (Phi) is 4.54. The van der Waals surface area contributed by atoms with E-state index in [9.17, 15) is 0 Å². The monoisotopic (exact) mass is 377 g/mol. The van der Waals surface area contributed by atoms with Crippen molar-refractivity contribution in [2.75, 3.05) is 0 Å². The van der Waals surface area contributed by atoms with Crippen molar-refractivity contribution in [2.24, 2.45) is 9.98 Å². The fourth-order valence-electron chi connectivity index (χ4n) is 3.43. The van der Waals surface area contributed by atoms with Gasteiger partial charge < -0.3 is 0 Å². The lowest BCUT2D eigenvalue weighted by Crippen LogP contribution is -2.10. The Morgan fingerprint density at radius 1 is 0.655 bits per heavy atom. The molecule has 5 rings (SSSR count). The molecule has 2 heterocycles. The molecule has 1 aromatic heterocycles. The molecule has 1 aliphatic rings. The van der Waals surface area contributed by atoms with E-state index in [-0.39, 0.29) is 0 Å². The maximum Gasteiger partial charge on any atom is 0.221 e. The molecule has 0 atom stereocenters. The van der Waals surface area contributed by atoms with E-state index in [0.29, 0.717) is 24.6 Å². The van der Waals surface area contributed by atoms with Gasteiger partial charge in [0.25, 0.3) is 0 Å². The Balaban J connectivity index is 1.63. The molecule has 0 amide bonds. The number of rotatable bonds is 4. The van der Waals surface area contributed by atoms with Crippen LogP contribution in [0.25, 0.3) is 0 Å². The third-order valence-electron chi connectivity index (χ3n) is 4.90. The summed E-state index contributed by atoms with van der Waals surface area (Å²) in [4.78, 5) is 9.84. The van der Waals surface area contributed by atoms with Gasteiger partial charge in [0.1, 0.15) is 0 Å². The van der Waals surface area contributed by atoms with Gasteiger partial charge in [0.2, 0.25) is 5.82 Å². The van der Waals surface area contributed by atoms with E-state index >= 15 is 0 Å². The third-order valence-corrected chi connectivity index (χ3v) is 4.90. The number of hydrogen-bond donors (Lipinski definition) is 0. The molecule has 0 spiro atoms. The topological polar surface area (TPSA) is 55.4 Å². The molecule has 0 bridgehead atoms. The van der Waals surface area contributed by atoms with E-state index in [1.807, 2.05) is 59.3 Å². The van der Waals surface area contributed by atoms with Crippen LogP contribution in [-0.4, -0.2) is 26.4 Å². The van der Waals surface area contributed by atoms with E-state index in [1.54, 1.807) is 0 Å². The Morgan fingerprint density at radius 2 is 1.21 bits per heavy atom. The van der Waals surface area contributed by atoms with Gasteiger partial charge in [-0.05, 0) is 16.7 Å². The molecule has 0 unspecified atom stereocenters. The van der Waals surface area contributed by atoms with Crippen LogP contribution in [0, 0.1) is 0 Å². The van der Waals surface area contributed by atoms with E-state index in [1.165, 1.54) is 0 Å². The average Bonchev–Trinajstić information content (AvgIpc) is 3.04. The van der Waals surface area contributed by atoms with Crippen LogP contribution in [0.5, 0.6) is 0 Å². The molecule has 4 aromatic rings. The molecule has 3 aromatic carbocycles. The number of fused-ring (bicyclic) bond motifs is 1. The van der Waals surface area contributed by atoms with Gasteiger partial charge in [0, 0.05) is 6.42 Å². The van der Waals surface area contributed by atoms with Crippen LogP contribution in [0.4, 0.5) is 11.6 Å². The first-order valence-electron chi connectivity index (χ1n) is 9.60. The van der Waals surface area contributed by atoms with Crippen LogP contribution in [-0.2, 0) is 6.54 Å². The van der Waals surface area contributed by atoms with Gasteiger partial charge in [0.05, 0.1) is 18.0 Å². The lowest BCUT2D eigenvalue weighted by Gasteiger charge is -2.08. The Bertz CT molecular complexity index is 1180. The molecule has 0 saturated carbocycles. The second kappa shape index (κ2) is 7.64. The Labute approximate surface area is 169 Å². The number of aromatic nitrogens is 3. The molecule has 0 radical (unpaired) electrons. The number of benzene rings is 3. The smallest absolute Gasteiger partial charge is 0.221 e. The zero-order valence-electron chi connectivity index (χ0n) is 15.8. The van der Waals surface area contributed by atoms with Gasteiger partial charge in [-0.15, -0.1) is 5.10 Å². The highest BCUT2D eigenvalue weighted by atomic mass is 15.5. The maximum absolute atomic E-state index is 4.98. The summed E-state index contributed by atoms with van der Waals surface area (Å²) < 4.78 is 1.82.